The highest BCUT2D eigenvalue weighted by Gasteiger charge is 2.44. The van der Waals surface area contributed by atoms with Gasteiger partial charge in [-0.05, 0) is 84.5 Å². The number of halogens is 2. The van der Waals surface area contributed by atoms with Gasteiger partial charge in [-0.1, -0.05) is 37.3 Å². The summed E-state index contributed by atoms with van der Waals surface area (Å²) in [5.74, 6) is -0.228. The second-order valence-electron chi connectivity index (χ2n) is 12.8. The minimum absolute atomic E-state index is 0.0136. The molecule has 0 amide bonds. The lowest BCUT2D eigenvalue weighted by Gasteiger charge is -2.40. The third-order valence-corrected chi connectivity index (χ3v) is 10.6. The van der Waals surface area contributed by atoms with Crippen molar-refractivity contribution in [2.24, 2.45) is 5.73 Å². The van der Waals surface area contributed by atoms with Gasteiger partial charge in [0.2, 0.25) is 0 Å². The molecule has 254 valence electrons. The number of nitrogens with zero attached hydrogens (tertiary/aromatic N) is 1. The van der Waals surface area contributed by atoms with Crippen LogP contribution in [0.5, 0.6) is 5.75 Å². The van der Waals surface area contributed by atoms with Crippen molar-refractivity contribution in [3.63, 3.8) is 0 Å². The average Bonchev–Trinajstić information content (AvgIpc) is 3.54. The fraction of sp³-hybridized carbons (Fsp3) is 0.500. The number of aliphatic hydroxyl groups is 3. The normalized spacial score (nSPS) is 31.6. The van der Waals surface area contributed by atoms with Crippen LogP contribution in [0.25, 0.3) is 0 Å². The molecule has 11 heteroatoms. The number of hydrogen-bond acceptors (Lipinski definition) is 9. The van der Waals surface area contributed by atoms with E-state index in [0.29, 0.717) is 19.4 Å². The predicted octanol–water partition coefficient (Wildman–Crippen LogP) is 4.27. The smallest absolute Gasteiger partial charge is 0.132 e. The summed E-state index contributed by atoms with van der Waals surface area (Å²) in [6.07, 6.45) is -0.289. The summed E-state index contributed by atoms with van der Waals surface area (Å²) in [7, 11) is 0. The Balaban J connectivity index is 1.05. The monoisotopic (exact) mass is 670 g/mol. The number of aryl methyl sites for hydroxylation is 1. The van der Waals surface area contributed by atoms with E-state index in [9.17, 15) is 24.1 Å². The van der Waals surface area contributed by atoms with E-state index in [0.717, 1.165) is 60.5 Å². The summed E-state index contributed by atoms with van der Waals surface area (Å²) >= 11 is 1.30. The van der Waals surface area contributed by atoms with Crippen molar-refractivity contribution < 1.29 is 38.3 Å². The van der Waals surface area contributed by atoms with Gasteiger partial charge in [-0.2, -0.15) is 0 Å². The third-order valence-electron chi connectivity index (χ3n) is 9.72. The first-order valence-corrected chi connectivity index (χ1v) is 17.6. The van der Waals surface area contributed by atoms with Gasteiger partial charge in [0, 0.05) is 30.7 Å². The van der Waals surface area contributed by atoms with Crippen LogP contribution in [-0.4, -0.2) is 88.1 Å². The highest BCUT2D eigenvalue weighted by atomic mass is 32.2. The molecule has 8 nitrogen and oxygen atoms in total. The van der Waals surface area contributed by atoms with Crippen LogP contribution < -0.4 is 10.5 Å². The molecule has 6 rings (SSSR count). The highest BCUT2D eigenvalue weighted by molar-refractivity contribution is 7.99. The Morgan fingerprint density at radius 2 is 1.74 bits per heavy atom. The van der Waals surface area contributed by atoms with Crippen LogP contribution in [-0.2, 0) is 22.3 Å². The third kappa shape index (κ3) is 7.52. The molecule has 3 aromatic carbocycles. The second-order valence-corrected chi connectivity index (χ2v) is 13.8. The van der Waals surface area contributed by atoms with Crippen molar-refractivity contribution in [3.05, 3.63) is 100 Å². The molecule has 1 unspecified atom stereocenters. The largest absolute Gasteiger partial charge is 0.489 e. The first kappa shape index (κ1) is 34.3. The number of nitrogens with two attached hydrogens (primary N) is 1. The summed E-state index contributed by atoms with van der Waals surface area (Å²) in [5, 5.41) is 31.4. The first-order chi connectivity index (χ1) is 22.6. The summed E-state index contributed by atoms with van der Waals surface area (Å²) < 4.78 is 46.4. The van der Waals surface area contributed by atoms with Gasteiger partial charge in [0.05, 0.1) is 6.61 Å². The van der Waals surface area contributed by atoms with Crippen molar-refractivity contribution in [3.8, 4) is 5.75 Å². The zero-order valence-electron chi connectivity index (χ0n) is 26.7. The maximum absolute atomic E-state index is 14.3. The fourth-order valence-electron chi connectivity index (χ4n) is 7.08. The number of rotatable bonds is 9. The minimum atomic E-state index is -1.29. The lowest BCUT2D eigenvalue weighted by Crippen LogP contribution is -2.52. The van der Waals surface area contributed by atoms with E-state index >= 15 is 0 Å². The Kier molecular flexibility index (Phi) is 10.8. The Hall–Kier alpha value is -2.61. The van der Waals surface area contributed by atoms with Gasteiger partial charge in [0.1, 0.15) is 59.4 Å². The van der Waals surface area contributed by atoms with Crippen molar-refractivity contribution in [2.45, 2.75) is 86.8 Å². The standard InChI is InChI=1S/C36H44F2N2O6S/c1-3-21-6-7-22(34-32(42)31(41)33(43)36(46-34)47-2)15-23(21)14-20-4-9-26(10-5-20)45-27-12-13-40(18-27)25-17-30(39)35(44-19-25)28-16-24(37)8-11-29(28)38/h4-11,15-16,25,27,30-36,41-43H,3,12-14,17-19,39H2,1-2H3/t25?,27-,30+,31-,32-,33+,34+,35-,36-/m1/s1. The van der Waals surface area contributed by atoms with E-state index in [1.807, 2.05) is 30.3 Å². The SMILES string of the molecule is CCc1ccc([C@@H]2O[C@H](SC)[C@@H](O)[C@H](O)[C@H]2O)cc1Cc1ccc(O[C@@H]2CCN(C3CO[C@H](c4cc(F)ccc4F)[C@@H](N)C3)C2)cc1. The molecular formula is C36H44F2N2O6S. The van der Waals surface area contributed by atoms with Crippen molar-refractivity contribution in [1.29, 1.82) is 0 Å². The van der Waals surface area contributed by atoms with Crippen LogP contribution >= 0.6 is 11.8 Å². The summed E-state index contributed by atoms with van der Waals surface area (Å²) in [6.45, 7) is 4.06. The van der Waals surface area contributed by atoms with E-state index < -0.39 is 53.6 Å². The maximum atomic E-state index is 14.3. The fourth-order valence-corrected chi connectivity index (χ4v) is 7.75. The molecule has 0 radical (unpaired) electrons. The van der Waals surface area contributed by atoms with Crippen molar-refractivity contribution >= 4 is 11.8 Å². The molecule has 5 N–H and O–H groups in total. The number of aliphatic hydroxyl groups excluding tert-OH is 3. The number of ether oxygens (including phenoxy) is 3. The molecular weight excluding hydrogens is 626 g/mol. The molecule has 9 atom stereocenters. The maximum Gasteiger partial charge on any atom is 0.132 e. The van der Waals surface area contributed by atoms with Gasteiger partial charge in [0.15, 0.2) is 0 Å². The lowest BCUT2D eigenvalue weighted by atomic mass is 9.90. The Morgan fingerprint density at radius 1 is 0.957 bits per heavy atom. The molecule has 0 aromatic heterocycles. The van der Waals surface area contributed by atoms with Crippen molar-refractivity contribution in [1.82, 2.24) is 4.90 Å². The summed E-state index contributed by atoms with van der Waals surface area (Å²) in [5.41, 5.74) is 10.1. The van der Waals surface area contributed by atoms with E-state index in [2.05, 4.69) is 24.0 Å². The van der Waals surface area contributed by atoms with Gasteiger partial charge in [0.25, 0.3) is 0 Å². The number of likely N-dealkylation sites (tertiary alicyclic amines) is 1. The Morgan fingerprint density at radius 3 is 2.47 bits per heavy atom. The van der Waals surface area contributed by atoms with Gasteiger partial charge >= 0.3 is 0 Å². The predicted molar refractivity (Wildman–Crippen MR) is 176 cm³/mol. The van der Waals surface area contributed by atoms with E-state index in [4.69, 9.17) is 19.9 Å². The summed E-state index contributed by atoms with van der Waals surface area (Å²) in [6, 6.07) is 17.1. The van der Waals surface area contributed by atoms with Crippen LogP contribution in [0.15, 0.2) is 60.7 Å². The molecule has 3 aliphatic heterocycles. The molecule has 0 saturated carbocycles. The molecule has 3 aromatic rings. The Labute approximate surface area is 278 Å². The molecule has 0 spiro atoms. The quantitative estimate of drug-likeness (QED) is 0.265. The molecule has 0 aliphatic carbocycles. The molecule has 3 fully saturated rings. The topological polar surface area (TPSA) is 118 Å². The average molecular weight is 671 g/mol. The Bertz CT molecular complexity index is 1510. The van der Waals surface area contributed by atoms with E-state index in [-0.39, 0.29) is 17.7 Å². The van der Waals surface area contributed by atoms with Crippen LogP contribution in [0.2, 0.25) is 0 Å². The van der Waals surface area contributed by atoms with Gasteiger partial charge < -0.3 is 35.3 Å². The summed E-state index contributed by atoms with van der Waals surface area (Å²) in [4.78, 5) is 2.31. The lowest BCUT2D eigenvalue weighted by molar-refractivity contribution is -0.200. The van der Waals surface area contributed by atoms with E-state index in [1.165, 1.54) is 23.4 Å². The number of benzene rings is 3. The molecule has 3 heterocycles. The molecule has 3 aliphatic rings. The van der Waals surface area contributed by atoms with Crippen LogP contribution in [0.4, 0.5) is 8.78 Å². The zero-order chi connectivity index (χ0) is 33.2. The van der Waals surface area contributed by atoms with Crippen LogP contribution in [0, 0.1) is 11.6 Å². The van der Waals surface area contributed by atoms with E-state index in [1.54, 1.807) is 6.26 Å². The highest BCUT2D eigenvalue weighted by Crippen LogP contribution is 2.37. The second kappa shape index (κ2) is 14.9. The van der Waals surface area contributed by atoms with Gasteiger partial charge in [-0.15, -0.1) is 11.8 Å². The minimum Gasteiger partial charge on any atom is -0.489 e. The number of thioether (sulfide) groups is 1. The van der Waals surface area contributed by atoms with Gasteiger partial charge in [-0.3, -0.25) is 4.90 Å². The first-order valence-electron chi connectivity index (χ1n) is 16.3. The van der Waals surface area contributed by atoms with Crippen LogP contribution in [0.1, 0.15) is 59.8 Å². The van der Waals surface area contributed by atoms with Gasteiger partial charge in [-0.25, -0.2) is 8.78 Å². The zero-order valence-corrected chi connectivity index (χ0v) is 27.5. The van der Waals surface area contributed by atoms with Crippen molar-refractivity contribution in [2.75, 3.05) is 26.0 Å². The molecule has 47 heavy (non-hydrogen) atoms. The van der Waals surface area contributed by atoms with Crippen LogP contribution in [0.3, 0.4) is 0 Å². The number of hydrogen-bond donors (Lipinski definition) is 4. The molecule has 0 bridgehead atoms. The molecule has 3 saturated heterocycles.